The number of carboxylic acids is 1. The summed E-state index contributed by atoms with van der Waals surface area (Å²) >= 11 is 0. The number of Topliss-reactive ketones (excluding diaryl/α,β-unsaturated/α-hetero) is 1. The molecule has 214 valence electrons. The number of pyridine rings is 1. The van der Waals surface area contributed by atoms with Crippen LogP contribution < -0.4 is 15.5 Å². The number of carbonyl (C=O) groups is 3. The molecule has 0 aromatic carbocycles. The van der Waals surface area contributed by atoms with Gasteiger partial charge in [-0.3, -0.25) is 9.59 Å². The zero-order valence-electron chi connectivity index (χ0n) is 23.4. The molecule has 12 heteroatoms. The third-order valence-electron chi connectivity index (χ3n) is 7.05. The normalized spacial score (nSPS) is 15.4. The predicted octanol–water partition coefficient (Wildman–Crippen LogP) is 3.24. The molecule has 1 amide bonds. The predicted molar refractivity (Wildman–Crippen MR) is 153 cm³/mol. The van der Waals surface area contributed by atoms with Gasteiger partial charge in [-0.05, 0) is 38.0 Å². The van der Waals surface area contributed by atoms with Gasteiger partial charge in [0.25, 0.3) is 5.91 Å². The zero-order chi connectivity index (χ0) is 28.6. The summed E-state index contributed by atoms with van der Waals surface area (Å²) in [6.07, 6.45) is 8.28. The second kappa shape index (κ2) is 13.3. The topological polar surface area (TPSA) is 146 Å². The lowest BCUT2D eigenvalue weighted by Gasteiger charge is -2.29. The molecule has 2 fully saturated rings. The number of anilines is 3. The minimum absolute atomic E-state index is 0.00502. The Kier molecular flexibility index (Phi) is 9.65. The summed E-state index contributed by atoms with van der Waals surface area (Å²) in [6, 6.07) is 6.25. The summed E-state index contributed by atoms with van der Waals surface area (Å²) in [5.41, 5.74) is 2.61. The number of hydrogen-bond acceptors (Lipinski definition) is 9. The van der Waals surface area contributed by atoms with Crippen LogP contribution in [0.25, 0.3) is 11.0 Å². The van der Waals surface area contributed by atoms with Crippen molar-refractivity contribution in [3.63, 3.8) is 0 Å². The van der Waals surface area contributed by atoms with Crippen molar-refractivity contribution in [2.75, 3.05) is 50.5 Å². The molecule has 0 atom stereocenters. The summed E-state index contributed by atoms with van der Waals surface area (Å²) in [5.74, 6) is 0.190. The summed E-state index contributed by atoms with van der Waals surface area (Å²) in [5, 5.41) is 15.5. The number of hydrogen-bond donors (Lipinski definition) is 3. The number of piperazine rings is 1. The molecule has 40 heavy (non-hydrogen) atoms. The van der Waals surface area contributed by atoms with Gasteiger partial charge in [-0.1, -0.05) is 12.8 Å². The van der Waals surface area contributed by atoms with Crippen LogP contribution >= 0.6 is 0 Å². The fourth-order valence-electron chi connectivity index (χ4n) is 4.96. The molecule has 4 heterocycles. The van der Waals surface area contributed by atoms with Gasteiger partial charge in [0.2, 0.25) is 5.95 Å². The molecule has 0 unspecified atom stereocenters. The fourth-order valence-corrected chi connectivity index (χ4v) is 4.96. The first-order valence-corrected chi connectivity index (χ1v) is 13.7. The highest BCUT2D eigenvalue weighted by atomic mass is 16.4. The number of aliphatic carboxylic acids is 1. The standard InChI is InChI=1S/C23H30N8O.C5H8O3/c1-29(2)22(32)19-13-16-14-26-23(28-21(16)31(19)17-5-3-4-6-17)27-20-8-7-18(15-25-20)30-11-9-24-10-12-30;1-4(6)2-3-5(7)8/h7-8,13-15,17,24H,3-6,9-12H2,1-2H3,(H,25,26,27,28);2-3H2,1H3,(H,7,8). The Morgan fingerprint density at radius 3 is 2.38 bits per heavy atom. The number of aromatic nitrogens is 4. The second-order valence-corrected chi connectivity index (χ2v) is 10.4. The SMILES string of the molecule is CC(=O)CCC(=O)O.CN(C)C(=O)c1cc2cnc(Nc3ccc(N4CCNCC4)cn3)nc2n1C1CCCC1. The number of nitrogens with one attached hydrogen (secondary N) is 2. The number of nitrogens with zero attached hydrogens (tertiary/aromatic N) is 6. The summed E-state index contributed by atoms with van der Waals surface area (Å²) < 4.78 is 2.12. The van der Waals surface area contributed by atoms with E-state index in [1.165, 1.54) is 19.8 Å². The summed E-state index contributed by atoms with van der Waals surface area (Å²) in [4.78, 5) is 50.5. The van der Waals surface area contributed by atoms with Gasteiger partial charge in [-0.25, -0.2) is 9.97 Å². The van der Waals surface area contributed by atoms with E-state index in [0.29, 0.717) is 23.5 Å². The molecule has 5 rings (SSSR count). The molecule has 1 aliphatic heterocycles. The number of rotatable bonds is 8. The number of ketones is 1. The van der Waals surface area contributed by atoms with E-state index in [1.807, 2.05) is 18.3 Å². The van der Waals surface area contributed by atoms with E-state index in [1.54, 1.807) is 25.2 Å². The van der Waals surface area contributed by atoms with E-state index in [2.05, 4.69) is 36.1 Å². The molecule has 1 saturated heterocycles. The van der Waals surface area contributed by atoms with Crippen molar-refractivity contribution in [1.29, 1.82) is 0 Å². The number of fused-ring (bicyclic) bond motifs is 1. The lowest BCUT2D eigenvalue weighted by atomic mass is 10.2. The Labute approximate surface area is 233 Å². The molecule has 3 aromatic heterocycles. The van der Waals surface area contributed by atoms with Crippen molar-refractivity contribution in [3.05, 3.63) is 36.3 Å². The maximum Gasteiger partial charge on any atom is 0.303 e. The van der Waals surface area contributed by atoms with Gasteiger partial charge in [0.15, 0.2) is 0 Å². The molecule has 2 aliphatic rings. The lowest BCUT2D eigenvalue weighted by molar-refractivity contribution is -0.138. The van der Waals surface area contributed by atoms with Crippen molar-refractivity contribution >= 4 is 46.1 Å². The van der Waals surface area contributed by atoms with E-state index in [0.717, 1.165) is 55.7 Å². The van der Waals surface area contributed by atoms with Gasteiger partial charge >= 0.3 is 5.97 Å². The van der Waals surface area contributed by atoms with Crippen LogP contribution in [0.15, 0.2) is 30.6 Å². The van der Waals surface area contributed by atoms with Gasteiger partial charge in [0.05, 0.1) is 18.3 Å². The van der Waals surface area contributed by atoms with Gasteiger partial charge in [0, 0.05) is 64.3 Å². The minimum atomic E-state index is -0.916. The van der Waals surface area contributed by atoms with Gasteiger partial charge in [0.1, 0.15) is 22.9 Å². The number of carbonyl (C=O) groups excluding carboxylic acids is 2. The van der Waals surface area contributed by atoms with Crippen LogP contribution in [0, 0.1) is 0 Å². The monoisotopic (exact) mass is 550 g/mol. The molecule has 12 nitrogen and oxygen atoms in total. The minimum Gasteiger partial charge on any atom is -0.481 e. The fraction of sp³-hybridized carbons (Fsp3) is 0.500. The maximum absolute atomic E-state index is 12.9. The molecule has 1 saturated carbocycles. The van der Waals surface area contributed by atoms with Crippen LogP contribution in [0.5, 0.6) is 0 Å². The van der Waals surface area contributed by atoms with Gasteiger partial charge < -0.3 is 34.9 Å². The molecular weight excluding hydrogens is 512 g/mol. The van der Waals surface area contributed by atoms with Crippen LogP contribution in [0.2, 0.25) is 0 Å². The van der Waals surface area contributed by atoms with E-state index in [9.17, 15) is 14.4 Å². The van der Waals surface area contributed by atoms with Crippen molar-refractivity contribution in [2.24, 2.45) is 0 Å². The first-order chi connectivity index (χ1) is 19.2. The average molecular weight is 551 g/mol. The van der Waals surface area contributed by atoms with Gasteiger partial charge in [-0.2, -0.15) is 4.98 Å². The highest BCUT2D eigenvalue weighted by molar-refractivity contribution is 5.98. The first kappa shape index (κ1) is 28.9. The highest BCUT2D eigenvalue weighted by Crippen LogP contribution is 2.35. The van der Waals surface area contributed by atoms with Gasteiger partial charge in [-0.15, -0.1) is 0 Å². The van der Waals surface area contributed by atoms with Crippen LogP contribution in [-0.4, -0.2) is 87.5 Å². The summed E-state index contributed by atoms with van der Waals surface area (Å²) in [7, 11) is 3.57. The Balaban J connectivity index is 0.000000406. The quantitative estimate of drug-likeness (QED) is 0.382. The molecule has 0 radical (unpaired) electrons. The van der Waals surface area contributed by atoms with Crippen LogP contribution in [0.3, 0.4) is 0 Å². The highest BCUT2D eigenvalue weighted by Gasteiger charge is 2.26. The smallest absolute Gasteiger partial charge is 0.303 e. The molecule has 0 spiro atoms. The average Bonchev–Trinajstić information content (AvgIpc) is 3.60. The van der Waals surface area contributed by atoms with Crippen molar-refractivity contribution in [1.82, 2.24) is 29.7 Å². The molecule has 3 N–H and O–H groups in total. The van der Waals surface area contributed by atoms with Crippen LogP contribution in [-0.2, 0) is 9.59 Å². The first-order valence-electron chi connectivity index (χ1n) is 13.7. The molecule has 1 aliphatic carbocycles. The lowest BCUT2D eigenvalue weighted by Crippen LogP contribution is -2.43. The summed E-state index contributed by atoms with van der Waals surface area (Å²) in [6.45, 7) is 5.34. The van der Waals surface area contributed by atoms with Crippen molar-refractivity contribution < 1.29 is 19.5 Å². The van der Waals surface area contributed by atoms with E-state index >= 15 is 0 Å². The molecular formula is C28H38N8O4. The number of carboxylic acid groups (broad SMARTS) is 1. The zero-order valence-corrected chi connectivity index (χ0v) is 23.4. The van der Waals surface area contributed by atoms with Crippen molar-refractivity contribution in [3.8, 4) is 0 Å². The van der Waals surface area contributed by atoms with Crippen LogP contribution in [0.4, 0.5) is 17.5 Å². The van der Waals surface area contributed by atoms with E-state index < -0.39 is 5.97 Å². The Bertz CT molecular complexity index is 1310. The largest absolute Gasteiger partial charge is 0.481 e. The third kappa shape index (κ3) is 7.32. The van der Waals surface area contributed by atoms with E-state index in [-0.39, 0.29) is 24.5 Å². The van der Waals surface area contributed by atoms with Crippen LogP contribution in [0.1, 0.15) is 62.0 Å². The number of amides is 1. The molecule has 0 bridgehead atoms. The second-order valence-electron chi connectivity index (χ2n) is 10.4. The maximum atomic E-state index is 12.9. The van der Waals surface area contributed by atoms with E-state index in [4.69, 9.17) is 10.1 Å². The van der Waals surface area contributed by atoms with Crippen molar-refractivity contribution in [2.45, 2.75) is 51.5 Å². The third-order valence-corrected chi connectivity index (χ3v) is 7.05. The molecule has 3 aromatic rings. The Morgan fingerprint density at radius 1 is 1.07 bits per heavy atom. The Hall–Kier alpha value is -4.06. The Morgan fingerprint density at radius 2 is 1.80 bits per heavy atom.